The molecule has 0 saturated carbocycles. The lowest BCUT2D eigenvalue weighted by Crippen LogP contribution is -2.46. The number of likely N-dealkylation sites (tertiary alicyclic amines) is 1. The summed E-state index contributed by atoms with van der Waals surface area (Å²) in [7, 11) is 0. The molecule has 0 atom stereocenters. The summed E-state index contributed by atoms with van der Waals surface area (Å²) in [5.41, 5.74) is -0.252. The number of benzene rings is 2. The van der Waals surface area contributed by atoms with Gasteiger partial charge in [0.2, 0.25) is 0 Å². The fourth-order valence-electron chi connectivity index (χ4n) is 3.08. The fraction of sp³-hybridized carbons (Fsp3) is 0.300. The van der Waals surface area contributed by atoms with Crippen LogP contribution in [0, 0.1) is 5.82 Å². The SMILES string of the molecule is O=C(NC1CCN(C(=O)c2ccc(C(F)(F)F)cc2)CC1)c1ccc(F)cc1. The third-order valence-electron chi connectivity index (χ3n) is 4.68. The maximum absolute atomic E-state index is 12.9. The summed E-state index contributed by atoms with van der Waals surface area (Å²) in [6.45, 7) is 0.766. The van der Waals surface area contributed by atoms with Gasteiger partial charge in [-0.2, -0.15) is 13.2 Å². The van der Waals surface area contributed by atoms with Crippen LogP contribution in [-0.2, 0) is 6.18 Å². The minimum absolute atomic E-state index is 0.130. The van der Waals surface area contributed by atoms with E-state index in [1.807, 2.05) is 0 Å². The van der Waals surface area contributed by atoms with E-state index in [4.69, 9.17) is 0 Å². The lowest BCUT2D eigenvalue weighted by molar-refractivity contribution is -0.137. The Bertz CT molecular complexity index is 840. The van der Waals surface area contributed by atoms with Gasteiger partial charge in [-0.15, -0.1) is 0 Å². The van der Waals surface area contributed by atoms with E-state index >= 15 is 0 Å². The molecule has 8 heteroatoms. The molecule has 3 rings (SSSR count). The van der Waals surface area contributed by atoms with Crippen LogP contribution in [0.1, 0.15) is 39.1 Å². The molecule has 2 aromatic carbocycles. The normalized spacial score (nSPS) is 15.4. The maximum atomic E-state index is 12.9. The van der Waals surface area contributed by atoms with Gasteiger partial charge in [-0.05, 0) is 61.4 Å². The third-order valence-corrected chi connectivity index (χ3v) is 4.68. The molecule has 0 aromatic heterocycles. The van der Waals surface area contributed by atoms with Gasteiger partial charge < -0.3 is 10.2 Å². The molecule has 1 aliphatic heterocycles. The number of hydrogen-bond acceptors (Lipinski definition) is 2. The Labute approximate surface area is 159 Å². The molecule has 2 aromatic rings. The van der Waals surface area contributed by atoms with Crippen molar-refractivity contribution < 1.29 is 27.2 Å². The van der Waals surface area contributed by atoms with Gasteiger partial charge in [-0.3, -0.25) is 9.59 Å². The molecule has 1 heterocycles. The zero-order valence-electron chi connectivity index (χ0n) is 14.8. The Hall–Kier alpha value is -2.90. The first kappa shape index (κ1) is 19.9. The first-order chi connectivity index (χ1) is 13.2. The number of nitrogens with zero attached hydrogens (tertiary/aromatic N) is 1. The molecule has 28 heavy (non-hydrogen) atoms. The van der Waals surface area contributed by atoms with Gasteiger partial charge >= 0.3 is 6.18 Å². The molecule has 1 fully saturated rings. The summed E-state index contributed by atoms with van der Waals surface area (Å²) < 4.78 is 50.8. The van der Waals surface area contributed by atoms with Crippen molar-refractivity contribution in [3.63, 3.8) is 0 Å². The smallest absolute Gasteiger partial charge is 0.349 e. The van der Waals surface area contributed by atoms with Crippen LogP contribution < -0.4 is 5.32 Å². The van der Waals surface area contributed by atoms with Crippen molar-refractivity contribution in [2.24, 2.45) is 0 Å². The highest BCUT2D eigenvalue weighted by atomic mass is 19.4. The Balaban J connectivity index is 1.54. The van der Waals surface area contributed by atoms with Crippen LogP contribution >= 0.6 is 0 Å². The Morgan fingerprint density at radius 3 is 1.96 bits per heavy atom. The maximum Gasteiger partial charge on any atom is 0.416 e. The minimum atomic E-state index is -4.44. The number of rotatable bonds is 3. The summed E-state index contributed by atoms with van der Waals surface area (Å²) in [6.07, 6.45) is -3.39. The van der Waals surface area contributed by atoms with E-state index in [1.54, 1.807) is 4.90 Å². The predicted molar refractivity (Wildman–Crippen MR) is 94.2 cm³/mol. The fourth-order valence-corrected chi connectivity index (χ4v) is 3.08. The molecular weight excluding hydrogens is 376 g/mol. The second-order valence-electron chi connectivity index (χ2n) is 6.62. The summed E-state index contributed by atoms with van der Waals surface area (Å²) in [5, 5.41) is 2.85. The molecule has 1 N–H and O–H groups in total. The van der Waals surface area contributed by atoms with Crippen molar-refractivity contribution >= 4 is 11.8 Å². The van der Waals surface area contributed by atoms with Crippen molar-refractivity contribution in [1.29, 1.82) is 0 Å². The van der Waals surface area contributed by atoms with Crippen molar-refractivity contribution in [1.82, 2.24) is 10.2 Å². The lowest BCUT2D eigenvalue weighted by atomic mass is 10.0. The Morgan fingerprint density at radius 2 is 1.43 bits per heavy atom. The van der Waals surface area contributed by atoms with Gasteiger partial charge in [0.1, 0.15) is 5.82 Å². The molecular formula is C20H18F4N2O2. The molecule has 1 saturated heterocycles. The van der Waals surface area contributed by atoms with Crippen LogP contribution in [0.5, 0.6) is 0 Å². The van der Waals surface area contributed by atoms with Crippen LogP contribution in [0.15, 0.2) is 48.5 Å². The van der Waals surface area contributed by atoms with Crippen LogP contribution in [0.2, 0.25) is 0 Å². The van der Waals surface area contributed by atoms with E-state index in [-0.39, 0.29) is 23.4 Å². The summed E-state index contributed by atoms with van der Waals surface area (Å²) >= 11 is 0. The van der Waals surface area contributed by atoms with Crippen molar-refractivity contribution in [3.8, 4) is 0 Å². The lowest BCUT2D eigenvalue weighted by Gasteiger charge is -2.32. The topological polar surface area (TPSA) is 49.4 Å². The quantitative estimate of drug-likeness (QED) is 0.804. The number of carbonyl (C=O) groups is 2. The highest BCUT2D eigenvalue weighted by Gasteiger charge is 2.31. The second kappa shape index (κ2) is 8.00. The number of hydrogen-bond donors (Lipinski definition) is 1. The molecule has 2 amide bonds. The Kier molecular flexibility index (Phi) is 5.67. The summed E-state index contributed by atoms with van der Waals surface area (Å²) in [6, 6.07) is 9.21. The first-order valence-electron chi connectivity index (χ1n) is 8.77. The van der Waals surface area contributed by atoms with Gasteiger partial charge in [0.15, 0.2) is 0 Å². The molecule has 0 unspecified atom stereocenters. The molecule has 0 radical (unpaired) electrons. The standard InChI is InChI=1S/C20H18F4N2O2/c21-16-7-3-13(4-8-16)18(27)25-17-9-11-26(12-10-17)19(28)14-1-5-15(6-2-14)20(22,23)24/h1-8,17H,9-12H2,(H,25,27). The van der Waals surface area contributed by atoms with Gasteiger partial charge in [0.25, 0.3) is 11.8 Å². The van der Waals surface area contributed by atoms with E-state index in [1.165, 1.54) is 36.4 Å². The highest BCUT2D eigenvalue weighted by Crippen LogP contribution is 2.29. The van der Waals surface area contributed by atoms with Gasteiger partial charge in [-0.1, -0.05) is 0 Å². The average molecular weight is 394 g/mol. The van der Waals surface area contributed by atoms with E-state index in [2.05, 4.69) is 5.32 Å². The second-order valence-corrected chi connectivity index (χ2v) is 6.62. The third kappa shape index (κ3) is 4.68. The largest absolute Gasteiger partial charge is 0.416 e. The zero-order chi connectivity index (χ0) is 20.3. The molecule has 0 aliphatic carbocycles. The van der Waals surface area contributed by atoms with Gasteiger partial charge in [-0.25, -0.2) is 4.39 Å². The molecule has 0 bridgehead atoms. The minimum Gasteiger partial charge on any atom is -0.349 e. The number of alkyl halides is 3. The average Bonchev–Trinajstić information content (AvgIpc) is 2.68. The Morgan fingerprint density at radius 1 is 0.893 bits per heavy atom. The summed E-state index contributed by atoms with van der Waals surface area (Å²) in [4.78, 5) is 26.2. The highest BCUT2D eigenvalue weighted by molar-refractivity contribution is 5.95. The van der Waals surface area contributed by atoms with Crippen LogP contribution in [0.3, 0.4) is 0 Å². The molecule has 4 nitrogen and oxygen atoms in total. The molecule has 148 valence electrons. The van der Waals surface area contributed by atoms with Crippen LogP contribution in [0.4, 0.5) is 17.6 Å². The summed E-state index contributed by atoms with van der Waals surface area (Å²) in [5.74, 6) is -1.07. The first-order valence-corrected chi connectivity index (χ1v) is 8.77. The monoisotopic (exact) mass is 394 g/mol. The number of nitrogens with one attached hydrogen (secondary N) is 1. The van der Waals surface area contributed by atoms with Crippen molar-refractivity contribution in [2.75, 3.05) is 13.1 Å². The number of halogens is 4. The predicted octanol–water partition coefficient (Wildman–Crippen LogP) is 3.88. The van der Waals surface area contributed by atoms with Gasteiger partial charge in [0.05, 0.1) is 5.56 Å². The number of carbonyl (C=O) groups excluding carboxylic acids is 2. The van der Waals surface area contributed by atoms with Crippen molar-refractivity contribution in [3.05, 3.63) is 71.0 Å². The molecule has 1 aliphatic rings. The zero-order valence-corrected chi connectivity index (χ0v) is 14.8. The van der Waals surface area contributed by atoms with E-state index in [0.717, 1.165) is 12.1 Å². The van der Waals surface area contributed by atoms with Crippen molar-refractivity contribution in [2.45, 2.75) is 25.1 Å². The van der Waals surface area contributed by atoms with Crippen LogP contribution in [-0.4, -0.2) is 35.8 Å². The number of amides is 2. The van der Waals surface area contributed by atoms with Gasteiger partial charge in [0, 0.05) is 30.3 Å². The van der Waals surface area contributed by atoms with E-state index < -0.39 is 17.6 Å². The number of piperidine rings is 1. The van der Waals surface area contributed by atoms with E-state index in [9.17, 15) is 27.2 Å². The van der Waals surface area contributed by atoms with Crippen LogP contribution in [0.25, 0.3) is 0 Å². The van der Waals surface area contributed by atoms with E-state index in [0.29, 0.717) is 31.5 Å². The molecule has 0 spiro atoms.